The first-order chi connectivity index (χ1) is 14.2. The molecule has 0 saturated carbocycles. The summed E-state index contributed by atoms with van der Waals surface area (Å²) >= 11 is 0. The van der Waals surface area contributed by atoms with Gasteiger partial charge in [0.2, 0.25) is 0 Å². The molecule has 0 radical (unpaired) electrons. The second-order valence-corrected chi connectivity index (χ2v) is 7.68. The molecular weight excluding hydrogens is 362 g/mol. The highest BCUT2D eigenvalue weighted by molar-refractivity contribution is 5.93. The van der Waals surface area contributed by atoms with Crippen LogP contribution in [0.4, 0.5) is 0 Å². The third-order valence-electron chi connectivity index (χ3n) is 5.55. The number of rotatable bonds is 6. The van der Waals surface area contributed by atoms with E-state index in [9.17, 15) is 4.79 Å². The van der Waals surface area contributed by atoms with Crippen LogP contribution in [0.2, 0.25) is 0 Å². The zero-order chi connectivity index (χ0) is 20.1. The van der Waals surface area contributed by atoms with Crippen LogP contribution >= 0.6 is 0 Å². The maximum absolute atomic E-state index is 12.7. The molecule has 29 heavy (non-hydrogen) atoms. The Kier molecular flexibility index (Phi) is 6.06. The average molecular weight is 389 g/mol. The van der Waals surface area contributed by atoms with Crippen LogP contribution in [0.25, 0.3) is 11.3 Å². The minimum absolute atomic E-state index is 0.170. The first-order valence-electron chi connectivity index (χ1n) is 10.3. The van der Waals surface area contributed by atoms with Gasteiger partial charge in [-0.05, 0) is 38.4 Å². The van der Waals surface area contributed by atoms with Gasteiger partial charge in [-0.25, -0.2) is 0 Å². The van der Waals surface area contributed by atoms with Crippen molar-refractivity contribution in [1.82, 2.24) is 15.4 Å². The molecule has 5 nitrogen and oxygen atoms in total. The lowest BCUT2D eigenvalue weighted by molar-refractivity contribution is 0.0915. The highest BCUT2D eigenvalue weighted by atomic mass is 16.5. The lowest BCUT2D eigenvalue weighted by Crippen LogP contribution is -2.40. The molecule has 1 saturated heterocycles. The Hall–Kier alpha value is -2.92. The third-order valence-corrected chi connectivity index (χ3v) is 5.55. The van der Waals surface area contributed by atoms with Crippen molar-refractivity contribution in [2.75, 3.05) is 19.6 Å². The van der Waals surface area contributed by atoms with Gasteiger partial charge in [-0.15, -0.1) is 0 Å². The fraction of sp³-hybridized carbons (Fsp3) is 0.333. The van der Waals surface area contributed by atoms with Gasteiger partial charge in [0.25, 0.3) is 5.91 Å². The topological polar surface area (TPSA) is 58.4 Å². The van der Waals surface area contributed by atoms with Gasteiger partial charge in [0, 0.05) is 18.2 Å². The number of nitrogens with one attached hydrogen (secondary N) is 1. The molecule has 4 rings (SSSR count). The van der Waals surface area contributed by atoms with Crippen molar-refractivity contribution >= 4 is 5.91 Å². The maximum atomic E-state index is 12.7. The first kappa shape index (κ1) is 19.4. The van der Waals surface area contributed by atoms with Crippen molar-refractivity contribution in [2.24, 2.45) is 0 Å². The van der Waals surface area contributed by atoms with Gasteiger partial charge in [0.05, 0.1) is 6.04 Å². The monoisotopic (exact) mass is 389 g/mol. The Labute approximate surface area is 171 Å². The number of aromatic nitrogens is 1. The van der Waals surface area contributed by atoms with Crippen molar-refractivity contribution in [2.45, 2.75) is 32.2 Å². The molecule has 1 aliphatic rings. The number of aryl methyl sites for hydroxylation is 1. The van der Waals surface area contributed by atoms with Crippen LogP contribution in [0, 0.1) is 6.92 Å². The fourth-order valence-corrected chi connectivity index (χ4v) is 3.88. The minimum Gasteiger partial charge on any atom is -0.355 e. The number of likely N-dealkylation sites (tertiary alicyclic amines) is 1. The van der Waals surface area contributed by atoms with Gasteiger partial charge < -0.3 is 9.84 Å². The van der Waals surface area contributed by atoms with E-state index in [1.807, 2.05) is 37.3 Å². The number of piperidine rings is 1. The summed E-state index contributed by atoms with van der Waals surface area (Å²) in [6.07, 6.45) is 3.70. The van der Waals surface area contributed by atoms with E-state index < -0.39 is 0 Å². The summed E-state index contributed by atoms with van der Waals surface area (Å²) in [6.45, 7) is 4.72. The van der Waals surface area contributed by atoms with E-state index in [-0.39, 0.29) is 11.9 Å². The summed E-state index contributed by atoms with van der Waals surface area (Å²) in [7, 11) is 0. The number of hydrogen-bond donors (Lipinski definition) is 1. The van der Waals surface area contributed by atoms with E-state index in [0.29, 0.717) is 18.0 Å². The lowest BCUT2D eigenvalue weighted by Gasteiger charge is -2.35. The van der Waals surface area contributed by atoms with E-state index in [1.165, 1.54) is 30.4 Å². The molecule has 1 amide bonds. The van der Waals surface area contributed by atoms with Crippen molar-refractivity contribution < 1.29 is 9.32 Å². The molecule has 1 aromatic heterocycles. The number of carbonyl (C=O) groups is 1. The Balaban J connectivity index is 1.44. The van der Waals surface area contributed by atoms with Crippen LogP contribution < -0.4 is 5.32 Å². The van der Waals surface area contributed by atoms with Gasteiger partial charge in [-0.1, -0.05) is 71.7 Å². The summed E-state index contributed by atoms with van der Waals surface area (Å²) < 4.78 is 5.40. The minimum atomic E-state index is -0.204. The molecule has 0 aliphatic carbocycles. The molecule has 1 unspecified atom stereocenters. The van der Waals surface area contributed by atoms with Gasteiger partial charge >= 0.3 is 0 Å². The molecule has 0 bridgehead atoms. The Morgan fingerprint density at radius 1 is 1.07 bits per heavy atom. The lowest BCUT2D eigenvalue weighted by atomic mass is 10.0. The normalized spacial score (nSPS) is 15.8. The first-order valence-corrected chi connectivity index (χ1v) is 10.3. The predicted molar refractivity (Wildman–Crippen MR) is 114 cm³/mol. The third kappa shape index (κ3) is 4.74. The summed E-state index contributed by atoms with van der Waals surface area (Å²) in [4.78, 5) is 15.2. The van der Waals surface area contributed by atoms with Crippen LogP contribution in [-0.4, -0.2) is 35.6 Å². The number of carbonyl (C=O) groups excluding carboxylic acids is 1. The van der Waals surface area contributed by atoms with Gasteiger partial charge in [-0.2, -0.15) is 0 Å². The van der Waals surface area contributed by atoms with Crippen LogP contribution in [0.5, 0.6) is 0 Å². The molecular formula is C24H27N3O2. The SMILES string of the molecule is Cc1ccc(-c2cc(C(=O)NCC(c3ccccc3)N3CCCCC3)no2)cc1. The fourth-order valence-electron chi connectivity index (χ4n) is 3.88. The predicted octanol–water partition coefficient (Wildman–Crippen LogP) is 4.61. The van der Waals surface area contributed by atoms with Crippen LogP contribution in [0.3, 0.4) is 0 Å². The Morgan fingerprint density at radius 2 is 1.79 bits per heavy atom. The van der Waals surface area contributed by atoms with Crippen LogP contribution in [0.1, 0.15) is 46.9 Å². The second kappa shape index (κ2) is 9.05. The molecule has 2 aromatic carbocycles. The zero-order valence-electron chi connectivity index (χ0n) is 16.8. The van der Waals surface area contributed by atoms with Crippen LogP contribution in [-0.2, 0) is 0 Å². The van der Waals surface area contributed by atoms with E-state index in [1.54, 1.807) is 6.07 Å². The Morgan fingerprint density at radius 3 is 2.52 bits per heavy atom. The van der Waals surface area contributed by atoms with E-state index in [4.69, 9.17) is 4.52 Å². The second-order valence-electron chi connectivity index (χ2n) is 7.68. The summed E-state index contributed by atoms with van der Waals surface area (Å²) in [5.41, 5.74) is 3.63. The summed E-state index contributed by atoms with van der Waals surface area (Å²) in [5.74, 6) is 0.399. The molecule has 5 heteroatoms. The number of benzene rings is 2. The van der Waals surface area contributed by atoms with E-state index >= 15 is 0 Å². The molecule has 2 heterocycles. The molecule has 1 atom stereocenters. The number of hydrogen-bond acceptors (Lipinski definition) is 4. The average Bonchev–Trinajstić information content (AvgIpc) is 3.26. The van der Waals surface area contributed by atoms with Gasteiger partial charge in [0.1, 0.15) is 0 Å². The van der Waals surface area contributed by atoms with Crippen LogP contribution in [0.15, 0.2) is 65.2 Å². The van der Waals surface area contributed by atoms with Gasteiger partial charge in [0.15, 0.2) is 11.5 Å². The smallest absolute Gasteiger partial charge is 0.273 e. The number of amides is 1. The molecule has 1 N–H and O–H groups in total. The number of nitrogens with zero attached hydrogens (tertiary/aromatic N) is 2. The zero-order valence-corrected chi connectivity index (χ0v) is 16.8. The maximum Gasteiger partial charge on any atom is 0.273 e. The largest absolute Gasteiger partial charge is 0.355 e. The van der Waals surface area contributed by atoms with Gasteiger partial charge in [-0.3, -0.25) is 9.69 Å². The molecule has 0 spiro atoms. The Bertz CT molecular complexity index is 928. The van der Waals surface area contributed by atoms with Crippen molar-refractivity contribution in [3.63, 3.8) is 0 Å². The molecule has 150 valence electrons. The van der Waals surface area contributed by atoms with Crippen molar-refractivity contribution in [1.29, 1.82) is 0 Å². The highest BCUT2D eigenvalue weighted by Gasteiger charge is 2.23. The van der Waals surface area contributed by atoms with E-state index in [2.05, 4.69) is 39.6 Å². The quantitative estimate of drug-likeness (QED) is 0.669. The van der Waals surface area contributed by atoms with E-state index in [0.717, 1.165) is 18.7 Å². The standard InChI is InChI=1S/C24H27N3O2/c1-18-10-12-20(13-11-18)23-16-21(26-29-23)24(28)25-17-22(19-8-4-2-5-9-19)27-14-6-3-7-15-27/h2,4-5,8-13,16,22H,3,6-7,14-15,17H2,1H3,(H,25,28). The highest BCUT2D eigenvalue weighted by Crippen LogP contribution is 2.24. The molecule has 1 aliphatic heterocycles. The van der Waals surface area contributed by atoms with Crippen molar-refractivity contribution in [3.8, 4) is 11.3 Å². The summed E-state index contributed by atoms with van der Waals surface area (Å²) in [6, 6.07) is 20.3. The molecule has 1 fully saturated rings. The van der Waals surface area contributed by atoms with Crippen molar-refractivity contribution in [3.05, 3.63) is 77.5 Å². The summed E-state index contributed by atoms with van der Waals surface area (Å²) in [5, 5.41) is 7.04. The molecule has 3 aromatic rings.